The topological polar surface area (TPSA) is 15.8 Å². The number of halogens is 1. The average molecular weight is 301 g/mol. The van der Waals surface area contributed by atoms with Crippen LogP contribution in [0.3, 0.4) is 0 Å². The third kappa shape index (κ3) is 2.57. The van der Waals surface area contributed by atoms with Gasteiger partial charge in [-0.1, -0.05) is 42.0 Å². The lowest BCUT2D eigenvalue weighted by atomic mass is 10.1. The number of aryl methyl sites for hydroxylation is 1. The summed E-state index contributed by atoms with van der Waals surface area (Å²) >= 11 is 6.58. The number of aromatic nitrogens is 1. The summed E-state index contributed by atoms with van der Waals surface area (Å²) < 4.78 is 12.8. The average Bonchev–Trinajstić information content (AvgIpc) is 2.84. The van der Waals surface area contributed by atoms with Gasteiger partial charge in [-0.2, -0.15) is 0 Å². The van der Waals surface area contributed by atoms with Crippen LogP contribution >= 0.6 is 23.6 Å². The van der Waals surface area contributed by atoms with Gasteiger partial charge in [0.25, 0.3) is 0 Å². The molecule has 2 aliphatic rings. The molecule has 1 N–H and O–H groups in total. The molecule has 0 saturated heterocycles. The van der Waals surface area contributed by atoms with Gasteiger partial charge in [0.15, 0.2) is 3.95 Å². The highest BCUT2D eigenvalue weighted by atomic mass is 32.1. The predicted molar refractivity (Wildman–Crippen MR) is 83.7 cm³/mol. The van der Waals surface area contributed by atoms with Crippen LogP contribution in [0.15, 0.2) is 47.8 Å². The van der Waals surface area contributed by atoms with E-state index in [0.717, 1.165) is 20.1 Å². The van der Waals surface area contributed by atoms with Crippen molar-refractivity contribution in [3.05, 3.63) is 73.6 Å². The predicted octanol–water partition coefficient (Wildman–Crippen LogP) is 5.21. The third-order valence-electron chi connectivity index (χ3n) is 3.16. The standard InChI is InChI=1S/C10H9NS2.C6H3F/c1-7-2-4-8(5-3-7)9-6-13-10(12)11-9;7-6-3-4-1-2-5(4)6/h2-6H,1H3,(H,11,12);1-3H. The third-order valence-corrected chi connectivity index (χ3v) is 4.22. The molecule has 0 aliphatic heterocycles. The van der Waals surface area contributed by atoms with Gasteiger partial charge in [-0.25, -0.2) is 4.39 Å². The summed E-state index contributed by atoms with van der Waals surface area (Å²) in [7, 11) is 0. The van der Waals surface area contributed by atoms with E-state index < -0.39 is 0 Å². The Morgan fingerprint density at radius 3 is 2.20 bits per heavy atom. The first-order valence-corrected chi connectivity index (χ1v) is 7.47. The fourth-order valence-corrected chi connectivity index (χ4v) is 2.74. The molecule has 4 rings (SSSR count). The van der Waals surface area contributed by atoms with Crippen LogP contribution in [0.25, 0.3) is 11.3 Å². The first-order chi connectivity index (χ1) is 9.63. The Bertz CT molecular complexity index is 891. The second-order valence-corrected chi connectivity index (χ2v) is 6.17. The summed E-state index contributed by atoms with van der Waals surface area (Å²) in [6.45, 7) is 2.08. The molecule has 0 radical (unpaired) electrons. The number of rotatable bonds is 1. The van der Waals surface area contributed by atoms with Crippen LogP contribution < -0.4 is 0 Å². The maximum atomic E-state index is 12.0. The van der Waals surface area contributed by atoms with Crippen molar-refractivity contribution in [2.45, 2.75) is 6.92 Å². The summed E-state index contributed by atoms with van der Waals surface area (Å²) in [6, 6.07) is 13.6. The molecule has 0 fully saturated rings. The first kappa shape index (κ1) is 13.2. The molecule has 0 amide bonds. The fraction of sp³-hybridized carbons (Fsp3) is 0.0625. The lowest BCUT2D eigenvalue weighted by Gasteiger charge is -2.00. The summed E-state index contributed by atoms with van der Waals surface area (Å²) in [4.78, 5) is 3.15. The number of H-pyrrole nitrogens is 1. The molecule has 1 nitrogen and oxygen atoms in total. The number of nitrogens with one attached hydrogen (secondary N) is 1. The molecule has 2 aromatic rings. The molecule has 0 bridgehead atoms. The van der Waals surface area contributed by atoms with Crippen molar-refractivity contribution in [3.8, 4) is 11.3 Å². The Kier molecular flexibility index (Phi) is 3.51. The highest BCUT2D eigenvalue weighted by Gasteiger charge is 2.02. The molecule has 2 aliphatic carbocycles. The number of thiazole rings is 1. The zero-order valence-corrected chi connectivity index (χ0v) is 12.4. The van der Waals surface area contributed by atoms with Crippen molar-refractivity contribution in [1.82, 2.24) is 4.98 Å². The number of hydrogen-bond acceptors (Lipinski definition) is 2. The van der Waals surface area contributed by atoms with E-state index in [1.807, 2.05) is 11.4 Å². The van der Waals surface area contributed by atoms with Crippen LogP contribution in [0, 0.1) is 27.1 Å². The number of aromatic amines is 1. The van der Waals surface area contributed by atoms with Crippen molar-refractivity contribution >= 4 is 23.6 Å². The van der Waals surface area contributed by atoms with Crippen LogP contribution in [0.5, 0.6) is 0 Å². The minimum Gasteiger partial charge on any atom is -0.337 e. The fourth-order valence-electron chi connectivity index (χ4n) is 1.90. The van der Waals surface area contributed by atoms with Gasteiger partial charge in [0.1, 0.15) is 5.82 Å². The normalized spacial score (nSPS) is 10.7. The van der Waals surface area contributed by atoms with Gasteiger partial charge in [0, 0.05) is 10.6 Å². The van der Waals surface area contributed by atoms with E-state index in [-0.39, 0.29) is 5.82 Å². The molecule has 20 heavy (non-hydrogen) atoms. The van der Waals surface area contributed by atoms with E-state index in [2.05, 4.69) is 36.2 Å². The monoisotopic (exact) mass is 301 g/mol. The van der Waals surface area contributed by atoms with Gasteiger partial charge in [-0.05, 0) is 36.0 Å². The van der Waals surface area contributed by atoms with Crippen molar-refractivity contribution in [1.29, 1.82) is 0 Å². The molecular formula is C16H12FNS2. The molecule has 1 heterocycles. The van der Waals surface area contributed by atoms with Crippen molar-refractivity contribution in [3.63, 3.8) is 0 Å². The number of benzene rings is 2. The Hall–Kier alpha value is -1.78. The molecule has 1 aromatic heterocycles. The minimum atomic E-state index is -0.0579. The molecule has 0 atom stereocenters. The molecule has 0 unspecified atom stereocenters. The van der Waals surface area contributed by atoms with Gasteiger partial charge in [0.2, 0.25) is 0 Å². The van der Waals surface area contributed by atoms with E-state index in [1.165, 1.54) is 17.2 Å². The summed E-state index contributed by atoms with van der Waals surface area (Å²) in [5.41, 5.74) is 3.57. The maximum Gasteiger partial charge on any atom is 0.158 e. The van der Waals surface area contributed by atoms with Crippen molar-refractivity contribution in [2.24, 2.45) is 0 Å². The Labute approximate surface area is 125 Å². The molecule has 0 saturated carbocycles. The van der Waals surface area contributed by atoms with Gasteiger partial charge < -0.3 is 4.98 Å². The van der Waals surface area contributed by atoms with Gasteiger partial charge in [-0.15, -0.1) is 11.3 Å². The second kappa shape index (κ2) is 5.31. The van der Waals surface area contributed by atoms with Gasteiger partial charge >= 0.3 is 0 Å². The smallest absolute Gasteiger partial charge is 0.158 e. The quantitative estimate of drug-likeness (QED) is 0.477. The lowest BCUT2D eigenvalue weighted by molar-refractivity contribution is 0.605. The highest BCUT2D eigenvalue weighted by Crippen LogP contribution is 2.20. The van der Waals surface area contributed by atoms with E-state index in [1.54, 1.807) is 17.4 Å². The van der Waals surface area contributed by atoms with E-state index in [0.29, 0.717) is 0 Å². The van der Waals surface area contributed by atoms with Crippen molar-refractivity contribution < 1.29 is 4.39 Å². The SMILES string of the molecule is Cc1ccc(-c2csc(=S)[nH]2)cc1.Fc1cc2ccc1=2. The van der Waals surface area contributed by atoms with Crippen LogP contribution in [0.2, 0.25) is 0 Å². The largest absolute Gasteiger partial charge is 0.337 e. The molecule has 1 aromatic carbocycles. The molecule has 4 heteroatoms. The zero-order valence-electron chi connectivity index (χ0n) is 10.8. The summed E-state index contributed by atoms with van der Waals surface area (Å²) in [5, 5.41) is 3.92. The maximum absolute atomic E-state index is 12.0. The Balaban J connectivity index is 0.000000144. The zero-order chi connectivity index (χ0) is 14.1. The summed E-state index contributed by atoms with van der Waals surface area (Å²) in [6.07, 6.45) is 0. The van der Waals surface area contributed by atoms with E-state index in [4.69, 9.17) is 12.2 Å². The number of hydrogen-bond donors (Lipinski definition) is 1. The van der Waals surface area contributed by atoms with Gasteiger partial charge in [0.05, 0.1) is 5.69 Å². The van der Waals surface area contributed by atoms with E-state index >= 15 is 0 Å². The lowest BCUT2D eigenvalue weighted by Crippen LogP contribution is -1.90. The van der Waals surface area contributed by atoms with Gasteiger partial charge in [-0.3, -0.25) is 0 Å². The molecule has 0 spiro atoms. The Morgan fingerprint density at radius 2 is 1.85 bits per heavy atom. The highest BCUT2D eigenvalue weighted by molar-refractivity contribution is 7.73. The minimum absolute atomic E-state index is 0.0579. The van der Waals surface area contributed by atoms with Crippen LogP contribution in [0.4, 0.5) is 4.39 Å². The van der Waals surface area contributed by atoms with Crippen LogP contribution in [-0.4, -0.2) is 4.98 Å². The van der Waals surface area contributed by atoms with E-state index in [9.17, 15) is 4.39 Å². The molecule has 100 valence electrons. The Morgan fingerprint density at radius 1 is 1.10 bits per heavy atom. The molecular weight excluding hydrogens is 289 g/mol. The van der Waals surface area contributed by atoms with Crippen molar-refractivity contribution in [2.75, 3.05) is 0 Å². The first-order valence-electron chi connectivity index (χ1n) is 6.18. The summed E-state index contributed by atoms with van der Waals surface area (Å²) in [5.74, 6) is -0.0579. The van der Waals surface area contributed by atoms with Crippen LogP contribution in [0.1, 0.15) is 5.56 Å². The van der Waals surface area contributed by atoms with Crippen LogP contribution in [-0.2, 0) is 0 Å². The second-order valence-electron chi connectivity index (χ2n) is 4.62.